The van der Waals surface area contributed by atoms with Crippen LogP contribution in [-0.4, -0.2) is 36.9 Å². The van der Waals surface area contributed by atoms with E-state index in [1.807, 2.05) is 36.3 Å². The number of amidine groups is 1. The SMILES string of the molecule is CCN(CCO)c1cccc(SC)c1C(=N)N. The molecule has 0 radical (unpaired) electrons. The van der Waals surface area contributed by atoms with Gasteiger partial charge in [-0.1, -0.05) is 6.07 Å². The van der Waals surface area contributed by atoms with E-state index in [4.69, 9.17) is 16.2 Å². The second-order valence-electron chi connectivity index (χ2n) is 3.57. The molecule has 0 saturated carbocycles. The van der Waals surface area contributed by atoms with E-state index in [-0.39, 0.29) is 12.4 Å². The van der Waals surface area contributed by atoms with Crippen molar-refractivity contribution in [1.29, 1.82) is 5.41 Å². The van der Waals surface area contributed by atoms with Gasteiger partial charge in [-0.05, 0) is 25.3 Å². The Balaban J connectivity index is 3.25. The quantitative estimate of drug-likeness (QED) is 0.408. The normalized spacial score (nSPS) is 10.3. The lowest BCUT2D eigenvalue weighted by atomic mass is 10.1. The lowest BCUT2D eigenvalue weighted by Gasteiger charge is -2.25. The molecule has 0 aliphatic heterocycles. The van der Waals surface area contributed by atoms with Crippen molar-refractivity contribution in [3.05, 3.63) is 23.8 Å². The molecule has 0 aliphatic rings. The van der Waals surface area contributed by atoms with Crippen LogP contribution in [0.3, 0.4) is 0 Å². The smallest absolute Gasteiger partial charge is 0.126 e. The highest BCUT2D eigenvalue weighted by Crippen LogP contribution is 2.29. The van der Waals surface area contributed by atoms with E-state index < -0.39 is 0 Å². The Hall–Kier alpha value is -1.20. The van der Waals surface area contributed by atoms with Gasteiger partial charge in [-0.2, -0.15) is 0 Å². The van der Waals surface area contributed by atoms with Crippen molar-refractivity contribution in [1.82, 2.24) is 0 Å². The topological polar surface area (TPSA) is 73.3 Å². The van der Waals surface area contributed by atoms with E-state index in [1.54, 1.807) is 11.8 Å². The van der Waals surface area contributed by atoms with E-state index in [2.05, 4.69) is 0 Å². The maximum Gasteiger partial charge on any atom is 0.126 e. The van der Waals surface area contributed by atoms with Crippen molar-refractivity contribution >= 4 is 23.3 Å². The fourth-order valence-electron chi connectivity index (χ4n) is 1.79. The van der Waals surface area contributed by atoms with Gasteiger partial charge in [0.05, 0.1) is 12.2 Å². The molecule has 0 bridgehead atoms. The number of rotatable bonds is 6. The molecule has 94 valence electrons. The number of nitrogens with zero attached hydrogens (tertiary/aromatic N) is 1. The van der Waals surface area contributed by atoms with Crippen LogP contribution in [0.5, 0.6) is 0 Å². The van der Waals surface area contributed by atoms with Gasteiger partial charge in [0.2, 0.25) is 0 Å². The summed E-state index contributed by atoms with van der Waals surface area (Å²) < 4.78 is 0. The average molecular weight is 253 g/mol. The molecular formula is C12H19N3OS. The molecule has 1 aromatic rings. The van der Waals surface area contributed by atoms with Crippen molar-refractivity contribution in [2.24, 2.45) is 5.73 Å². The highest BCUT2D eigenvalue weighted by molar-refractivity contribution is 7.98. The third kappa shape index (κ3) is 3.14. The van der Waals surface area contributed by atoms with Crippen LogP contribution < -0.4 is 10.6 Å². The molecule has 0 heterocycles. The van der Waals surface area contributed by atoms with Gasteiger partial charge in [0.1, 0.15) is 5.84 Å². The molecule has 0 aromatic heterocycles. The second kappa shape index (κ2) is 6.51. The lowest BCUT2D eigenvalue weighted by Crippen LogP contribution is -2.29. The molecule has 0 spiro atoms. The molecule has 0 saturated heterocycles. The first kappa shape index (κ1) is 13.9. The Morgan fingerprint density at radius 1 is 1.53 bits per heavy atom. The van der Waals surface area contributed by atoms with Crippen LogP contribution in [0.4, 0.5) is 5.69 Å². The molecule has 0 fully saturated rings. The average Bonchev–Trinajstić information content (AvgIpc) is 2.34. The zero-order valence-corrected chi connectivity index (χ0v) is 11.0. The molecule has 4 N–H and O–H groups in total. The number of aliphatic hydroxyl groups excluding tert-OH is 1. The predicted octanol–water partition coefficient (Wildman–Crippen LogP) is 1.51. The molecule has 1 aromatic carbocycles. The van der Waals surface area contributed by atoms with Gasteiger partial charge < -0.3 is 15.7 Å². The summed E-state index contributed by atoms with van der Waals surface area (Å²) in [5.41, 5.74) is 7.34. The minimum Gasteiger partial charge on any atom is -0.395 e. The maximum atomic E-state index is 9.05. The van der Waals surface area contributed by atoms with Crippen LogP contribution in [0.1, 0.15) is 12.5 Å². The van der Waals surface area contributed by atoms with Gasteiger partial charge in [-0.15, -0.1) is 11.8 Å². The van der Waals surface area contributed by atoms with Crippen molar-refractivity contribution in [3.63, 3.8) is 0 Å². The monoisotopic (exact) mass is 253 g/mol. The fraction of sp³-hybridized carbons (Fsp3) is 0.417. The van der Waals surface area contributed by atoms with E-state index in [0.717, 1.165) is 22.7 Å². The van der Waals surface area contributed by atoms with Crippen LogP contribution in [0, 0.1) is 5.41 Å². The summed E-state index contributed by atoms with van der Waals surface area (Å²) in [5.74, 6) is 0.0707. The molecule has 5 heteroatoms. The predicted molar refractivity (Wildman–Crippen MR) is 74.2 cm³/mol. The Bertz CT molecular complexity index is 395. The fourth-order valence-corrected chi connectivity index (χ4v) is 2.43. The largest absolute Gasteiger partial charge is 0.395 e. The number of hydrogen-bond donors (Lipinski definition) is 3. The summed E-state index contributed by atoms with van der Waals surface area (Å²) in [6, 6.07) is 5.85. The minimum absolute atomic E-state index is 0.0707. The van der Waals surface area contributed by atoms with E-state index in [1.165, 1.54) is 0 Å². The third-order valence-electron chi connectivity index (χ3n) is 2.59. The number of benzene rings is 1. The minimum atomic E-state index is 0.0707. The van der Waals surface area contributed by atoms with Crippen LogP contribution in [0.15, 0.2) is 23.1 Å². The molecule has 0 atom stereocenters. The van der Waals surface area contributed by atoms with Crippen LogP contribution in [0.2, 0.25) is 0 Å². The standard InChI is InChI=1S/C12H19N3OS/c1-3-15(7-8-16)9-5-4-6-10(17-2)11(9)12(13)14/h4-6,16H,3,7-8H2,1-2H3,(H3,13,14). The summed E-state index contributed by atoms with van der Waals surface area (Å²) in [6.45, 7) is 3.44. The first-order valence-corrected chi connectivity index (χ1v) is 6.75. The number of nitrogens with one attached hydrogen (secondary N) is 1. The van der Waals surface area contributed by atoms with Gasteiger partial charge in [-0.25, -0.2) is 0 Å². The van der Waals surface area contributed by atoms with Crippen molar-refractivity contribution in [2.45, 2.75) is 11.8 Å². The summed E-state index contributed by atoms with van der Waals surface area (Å²) in [4.78, 5) is 3.02. The highest BCUT2D eigenvalue weighted by atomic mass is 32.2. The molecule has 17 heavy (non-hydrogen) atoms. The Labute approximate surface area is 106 Å². The highest BCUT2D eigenvalue weighted by Gasteiger charge is 2.14. The third-order valence-corrected chi connectivity index (χ3v) is 3.37. The molecule has 0 aliphatic carbocycles. The molecule has 0 amide bonds. The summed E-state index contributed by atoms with van der Waals surface area (Å²) >= 11 is 1.57. The Morgan fingerprint density at radius 3 is 2.71 bits per heavy atom. The summed E-state index contributed by atoms with van der Waals surface area (Å²) in [5, 5.41) is 16.7. The van der Waals surface area contributed by atoms with Crippen LogP contribution >= 0.6 is 11.8 Å². The van der Waals surface area contributed by atoms with Gasteiger partial charge >= 0.3 is 0 Å². The van der Waals surface area contributed by atoms with E-state index >= 15 is 0 Å². The molecule has 1 rings (SSSR count). The number of hydrogen-bond acceptors (Lipinski definition) is 4. The number of nitrogen functional groups attached to an aromatic ring is 1. The number of thioether (sulfide) groups is 1. The van der Waals surface area contributed by atoms with Crippen LogP contribution in [-0.2, 0) is 0 Å². The first-order valence-electron chi connectivity index (χ1n) is 5.52. The zero-order valence-electron chi connectivity index (χ0n) is 10.2. The van der Waals surface area contributed by atoms with Gasteiger partial charge in [0.25, 0.3) is 0 Å². The number of nitrogens with two attached hydrogens (primary N) is 1. The van der Waals surface area contributed by atoms with Crippen molar-refractivity contribution < 1.29 is 5.11 Å². The van der Waals surface area contributed by atoms with Gasteiger partial charge in [0.15, 0.2) is 0 Å². The number of anilines is 1. The second-order valence-corrected chi connectivity index (χ2v) is 4.42. The van der Waals surface area contributed by atoms with Crippen molar-refractivity contribution in [3.8, 4) is 0 Å². The first-order chi connectivity index (χ1) is 8.15. The van der Waals surface area contributed by atoms with E-state index in [0.29, 0.717) is 6.54 Å². The Kier molecular flexibility index (Phi) is 5.31. The van der Waals surface area contributed by atoms with E-state index in [9.17, 15) is 0 Å². The summed E-state index contributed by atoms with van der Waals surface area (Å²) in [6.07, 6.45) is 1.97. The van der Waals surface area contributed by atoms with Gasteiger partial charge in [-0.3, -0.25) is 5.41 Å². The van der Waals surface area contributed by atoms with Crippen molar-refractivity contribution in [2.75, 3.05) is 30.9 Å². The lowest BCUT2D eigenvalue weighted by molar-refractivity contribution is 0.302. The number of aliphatic hydroxyl groups is 1. The maximum absolute atomic E-state index is 9.05. The molecular weight excluding hydrogens is 234 g/mol. The molecule has 0 unspecified atom stereocenters. The van der Waals surface area contributed by atoms with Gasteiger partial charge in [0, 0.05) is 23.7 Å². The summed E-state index contributed by atoms with van der Waals surface area (Å²) in [7, 11) is 0. The Morgan fingerprint density at radius 2 is 2.24 bits per heavy atom. The molecule has 4 nitrogen and oxygen atoms in total. The zero-order chi connectivity index (χ0) is 12.8. The van der Waals surface area contributed by atoms with Crippen LogP contribution in [0.25, 0.3) is 0 Å². The number of likely N-dealkylation sites (N-methyl/N-ethyl adjacent to an activating group) is 1.